The Balaban J connectivity index is 1.82. The summed E-state index contributed by atoms with van der Waals surface area (Å²) >= 11 is 5.41. The Labute approximate surface area is 200 Å². The molecule has 0 aliphatic carbocycles. The molecular weight excluding hydrogens is 458 g/mol. The largest absolute Gasteiger partial charge is 0.497 e. The monoisotopic (exact) mass is 485 g/mol. The number of methoxy groups -OCH3 is 1. The number of anilines is 3. The third-order valence-electron chi connectivity index (χ3n) is 4.76. The number of nitrogens with one attached hydrogen (secondary N) is 3. The second-order valence-electron chi connectivity index (χ2n) is 7.05. The highest BCUT2D eigenvalue weighted by Crippen LogP contribution is 2.29. The number of sulfonamides is 1. The van der Waals surface area contributed by atoms with Gasteiger partial charge in [0.1, 0.15) is 16.4 Å². The van der Waals surface area contributed by atoms with Gasteiger partial charge in [-0.2, -0.15) is 0 Å². The minimum Gasteiger partial charge on any atom is -0.497 e. The first kappa shape index (κ1) is 24.3. The highest BCUT2D eigenvalue weighted by Gasteiger charge is 2.21. The molecular formula is C24H27N3O4S2. The second-order valence-corrected chi connectivity index (χ2v) is 9.11. The zero-order chi connectivity index (χ0) is 23.8. The van der Waals surface area contributed by atoms with Gasteiger partial charge in [-0.25, -0.2) is 8.42 Å². The van der Waals surface area contributed by atoms with Crippen LogP contribution in [0.1, 0.15) is 19.4 Å². The summed E-state index contributed by atoms with van der Waals surface area (Å²) in [6, 6.07) is 19.3. The average Bonchev–Trinajstić information content (AvgIpc) is 2.81. The third-order valence-corrected chi connectivity index (χ3v) is 6.39. The van der Waals surface area contributed by atoms with Gasteiger partial charge in [-0.3, -0.25) is 4.72 Å². The number of ether oxygens (including phenoxy) is 2. The van der Waals surface area contributed by atoms with E-state index in [1.165, 1.54) is 18.7 Å². The molecule has 33 heavy (non-hydrogen) atoms. The molecule has 3 aromatic carbocycles. The molecule has 0 spiro atoms. The van der Waals surface area contributed by atoms with Crippen LogP contribution in [-0.4, -0.2) is 27.2 Å². The maximum atomic E-state index is 13.2. The van der Waals surface area contributed by atoms with E-state index in [-0.39, 0.29) is 10.0 Å². The Morgan fingerprint density at radius 1 is 0.879 bits per heavy atom. The van der Waals surface area contributed by atoms with Crippen LogP contribution in [0.4, 0.5) is 17.1 Å². The lowest BCUT2D eigenvalue weighted by Crippen LogP contribution is -2.22. The van der Waals surface area contributed by atoms with Crippen molar-refractivity contribution in [2.75, 3.05) is 29.1 Å². The molecule has 0 amide bonds. The molecule has 174 valence electrons. The quantitative estimate of drug-likeness (QED) is 0.356. The summed E-state index contributed by atoms with van der Waals surface area (Å²) in [7, 11) is -2.47. The fraction of sp³-hybridized carbons (Fsp3) is 0.208. The maximum absolute atomic E-state index is 13.2. The molecule has 9 heteroatoms. The Morgan fingerprint density at radius 2 is 1.52 bits per heavy atom. The minimum absolute atomic E-state index is 0.00113. The first-order valence-electron chi connectivity index (χ1n) is 10.4. The van der Waals surface area contributed by atoms with E-state index >= 15 is 0 Å². The Hall–Kier alpha value is -3.30. The van der Waals surface area contributed by atoms with Crippen molar-refractivity contribution in [3.63, 3.8) is 0 Å². The van der Waals surface area contributed by atoms with Crippen LogP contribution in [0, 0.1) is 0 Å². The fourth-order valence-corrected chi connectivity index (χ4v) is 4.52. The van der Waals surface area contributed by atoms with Crippen molar-refractivity contribution < 1.29 is 17.9 Å². The van der Waals surface area contributed by atoms with Crippen LogP contribution >= 0.6 is 12.2 Å². The van der Waals surface area contributed by atoms with Crippen LogP contribution in [0.5, 0.6) is 11.5 Å². The molecule has 3 rings (SSSR count). The van der Waals surface area contributed by atoms with Gasteiger partial charge in [-0.15, -0.1) is 0 Å². The molecule has 7 nitrogen and oxygen atoms in total. The van der Waals surface area contributed by atoms with Crippen molar-refractivity contribution in [2.24, 2.45) is 0 Å². The van der Waals surface area contributed by atoms with E-state index in [9.17, 15) is 8.42 Å². The minimum atomic E-state index is -3.95. The number of hydrogen-bond acceptors (Lipinski definition) is 5. The summed E-state index contributed by atoms with van der Waals surface area (Å²) in [6.07, 6.45) is 0.942. The molecule has 0 bridgehead atoms. The first-order chi connectivity index (χ1) is 15.8. The van der Waals surface area contributed by atoms with E-state index in [1.54, 1.807) is 36.4 Å². The van der Waals surface area contributed by atoms with E-state index in [0.29, 0.717) is 29.5 Å². The lowest BCUT2D eigenvalue weighted by molar-refractivity contribution is 0.340. The summed E-state index contributed by atoms with van der Waals surface area (Å²) in [6.45, 7) is 4.50. The van der Waals surface area contributed by atoms with E-state index in [1.807, 2.05) is 31.2 Å². The van der Waals surface area contributed by atoms with Gasteiger partial charge in [0.25, 0.3) is 10.0 Å². The van der Waals surface area contributed by atoms with Gasteiger partial charge >= 0.3 is 0 Å². The molecule has 0 saturated heterocycles. The van der Waals surface area contributed by atoms with Crippen molar-refractivity contribution in [3.8, 4) is 11.5 Å². The van der Waals surface area contributed by atoms with Gasteiger partial charge in [0.05, 0.1) is 19.4 Å². The van der Waals surface area contributed by atoms with Crippen molar-refractivity contribution in [3.05, 3.63) is 72.3 Å². The highest BCUT2D eigenvalue weighted by molar-refractivity contribution is 7.93. The Bertz CT molecular complexity index is 1200. The zero-order valence-electron chi connectivity index (χ0n) is 18.7. The predicted molar refractivity (Wildman–Crippen MR) is 137 cm³/mol. The van der Waals surface area contributed by atoms with Crippen LogP contribution in [0.25, 0.3) is 0 Å². The van der Waals surface area contributed by atoms with Crippen LogP contribution in [0.3, 0.4) is 0 Å². The lowest BCUT2D eigenvalue weighted by atomic mass is 10.1. The normalized spacial score (nSPS) is 10.9. The molecule has 0 radical (unpaired) electrons. The topological polar surface area (TPSA) is 88.7 Å². The number of benzene rings is 3. The number of thiocarbonyl (C=S) groups is 1. The van der Waals surface area contributed by atoms with Crippen LogP contribution in [-0.2, 0) is 16.4 Å². The third kappa shape index (κ3) is 6.59. The average molecular weight is 486 g/mol. The molecule has 0 atom stereocenters. The van der Waals surface area contributed by atoms with Gasteiger partial charge in [-0.05, 0) is 79.7 Å². The van der Waals surface area contributed by atoms with Gasteiger partial charge < -0.3 is 20.1 Å². The Kier molecular flexibility index (Phi) is 8.13. The van der Waals surface area contributed by atoms with Crippen LogP contribution in [0.2, 0.25) is 0 Å². The second kappa shape index (κ2) is 11.0. The van der Waals surface area contributed by atoms with E-state index in [2.05, 4.69) is 22.3 Å². The van der Waals surface area contributed by atoms with E-state index < -0.39 is 10.0 Å². The smallest absolute Gasteiger partial charge is 0.264 e. The summed E-state index contributed by atoms with van der Waals surface area (Å²) in [5, 5.41) is 6.32. The number of hydrogen-bond donors (Lipinski definition) is 3. The standard InChI is InChI=1S/C24H27N3O4S2/c1-4-17-6-8-18(9-7-17)25-24(32)26-22-15-14-21(30-3)16-23(22)33(28,29)27-19-10-12-20(13-11-19)31-5-2/h6-16,27H,4-5H2,1-3H3,(H2,25,26,32). The maximum Gasteiger partial charge on any atom is 0.264 e. The van der Waals surface area contributed by atoms with Crippen LogP contribution in [0.15, 0.2) is 71.6 Å². The van der Waals surface area contributed by atoms with E-state index in [0.717, 1.165) is 12.1 Å². The highest BCUT2D eigenvalue weighted by atomic mass is 32.2. The van der Waals surface area contributed by atoms with Gasteiger partial charge in [0.2, 0.25) is 0 Å². The van der Waals surface area contributed by atoms with Crippen molar-refractivity contribution >= 4 is 44.4 Å². The fourth-order valence-electron chi connectivity index (χ4n) is 3.06. The molecule has 3 N–H and O–H groups in total. The molecule has 0 aromatic heterocycles. The van der Waals surface area contributed by atoms with Gasteiger partial charge in [-0.1, -0.05) is 19.1 Å². The molecule has 3 aromatic rings. The Morgan fingerprint density at radius 3 is 2.12 bits per heavy atom. The molecule has 0 heterocycles. The first-order valence-corrected chi connectivity index (χ1v) is 12.3. The summed E-state index contributed by atoms with van der Waals surface area (Å²) in [4.78, 5) is 0.00113. The summed E-state index contributed by atoms with van der Waals surface area (Å²) in [5.41, 5.74) is 2.74. The molecule has 0 aliphatic heterocycles. The summed E-state index contributed by atoms with van der Waals surface area (Å²) < 4.78 is 39.6. The van der Waals surface area contributed by atoms with Crippen molar-refractivity contribution in [2.45, 2.75) is 25.2 Å². The van der Waals surface area contributed by atoms with Crippen LogP contribution < -0.4 is 24.8 Å². The number of rotatable bonds is 9. The van der Waals surface area contributed by atoms with Gasteiger partial charge in [0.15, 0.2) is 5.11 Å². The summed E-state index contributed by atoms with van der Waals surface area (Å²) in [5.74, 6) is 1.06. The van der Waals surface area contributed by atoms with Crippen molar-refractivity contribution in [1.29, 1.82) is 0 Å². The zero-order valence-corrected chi connectivity index (χ0v) is 20.3. The number of aryl methyl sites for hydroxylation is 1. The lowest BCUT2D eigenvalue weighted by Gasteiger charge is -2.16. The van der Waals surface area contributed by atoms with Gasteiger partial charge in [0, 0.05) is 17.4 Å². The molecule has 0 unspecified atom stereocenters. The van der Waals surface area contributed by atoms with Crippen molar-refractivity contribution in [1.82, 2.24) is 0 Å². The molecule has 0 saturated carbocycles. The molecule has 0 aliphatic rings. The molecule has 0 fully saturated rings. The predicted octanol–water partition coefficient (Wildman–Crippen LogP) is 5.27. The van der Waals surface area contributed by atoms with E-state index in [4.69, 9.17) is 21.7 Å². The SMILES string of the molecule is CCOc1ccc(NS(=O)(=O)c2cc(OC)ccc2NC(=S)Nc2ccc(CC)cc2)cc1.